The van der Waals surface area contributed by atoms with Crippen LogP contribution in [0.1, 0.15) is 0 Å². The Labute approximate surface area is 181 Å². The highest BCUT2D eigenvalue weighted by Gasteiger charge is 2.36. The average Bonchev–Trinajstić information content (AvgIpc) is 3.01. The predicted molar refractivity (Wildman–Crippen MR) is 111 cm³/mol. The maximum Gasteiger partial charge on any atom is 0.307 e. The Morgan fingerprint density at radius 1 is 0.871 bits per heavy atom. The molecule has 0 bridgehead atoms. The van der Waals surface area contributed by atoms with Gasteiger partial charge in [0, 0.05) is 33.2 Å². The number of rotatable bonds is 4. The zero-order valence-electron chi connectivity index (χ0n) is 16.2. The van der Waals surface area contributed by atoms with E-state index in [9.17, 15) is 30.4 Å². The fourth-order valence-electron chi connectivity index (χ4n) is 3.43. The van der Waals surface area contributed by atoms with Crippen LogP contribution in [0, 0.1) is 11.6 Å². The summed E-state index contributed by atoms with van der Waals surface area (Å²) in [5.74, 6) is -2.41. The van der Waals surface area contributed by atoms with E-state index in [2.05, 4.69) is 0 Å². The Morgan fingerprint density at radius 2 is 1.42 bits per heavy atom. The van der Waals surface area contributed by atoms with Crippen LogP contribution in [0.15, 0.2) is 51.0 Å². The van der Waals surface area contributed by atoms with Crippen molar-refractivity contribution in [3.05, 3.63) is 57.7 Å². The van der Waals surface area contributed by atoms with E-state index < -0.39 is 36.6 Å². The SMILES string of the molecule is Cn1c(=O)sc2cc(S(=O)(=O)N3CCN(S(=O)(=O)c4c(F)cccc4F)CC3)ccc21. The van der Waals surface area contributed by atoms with Crippen molar-refractivity contribution in [2.45, 2.75) is 9.79 Å². The van der Waals surface area contributed by atoms with Crippen molar-refractivity contribution in [2.24, 2.45) is 7.05 Å². The molecule has 1 aliphatic heterocycles. The summed E-state index contributed by atoms with van der Waals surface area (Å²) in [6.45, 7) is -0.867. The Hall–Kier alpha value is -2.19. The maximum absolute atomic E-state index is 14.0. The van der Waals surface area contributed by atoms with Gasteiger partial charge in [-0.05, 0) is 30.3 Å². The van der Waals surface area contributed by atoms with Gasteiger partial charge in [-0.25, -0.2) is 25.6 Å². The first kappa shape index (κ1) is 22.0. The van der Waals surface area contributed by atoms with E-state index in [1.807, 2.05) is 0 Å². The van der Waals surface area contributed by atoms with Gasteiger partial charge in [0.1, 0.15) is 11.6 Å². The van der Waals surface area contributed by atoms with Crippen LogP contribution in [0.4, 0.5) is 8.78 Å². The lowest BCUT2D eigenvalue weighted by atomic mass is 10.3. The number of fused-ring (bicyclic) bond motifs is 1. The van der Waals surface area contributed by atoms with Gasteiger partial charge in [-0.2, -0.15) is 8.61 Å². The molecule has 1 aliphatic rings. The molecule has 0 N–H and O–H groups in total. The minimum absolute atomic E-state index is 0.0155. The minimum Gasteiger partial charge on any atom is -0.302 e. The molecule has 2 heterocycles. The third kappa shape index (κ3) is 3.69. The van der Waals surface area contributed by atoms with Crippen LogP contribution in [0.3, 0.4) is 0 Å². The van der Waals surface area contributed by atoms with Crippen molar-refractivity contribution >= 4 is 41.6 Å². The number of aryl methyl sites for hydroxylation is 1. The molecule has 0 spiro atoms. The summed E-state index contributed by atoms with van der Waals surface area (Å²) in [7, 11) is -6.82. The molecule has 8 nitrogen and oxygen atoms in total. The Morgan fingerprint density at radius 3 is 2.00 bits per heavy atom. The molecule has 0 atom stereocenters. The number of hydrogen-bond acceptors (Lipinski definition) is 6. The van der Waals surface area contributed by atoms with Crippen molar-refractivity contribution in [3.63, 3.8) is 0 Å². The van der Waals surface area contributed by atoms with Gasteiger partial charge in [-0.3, -0.25) is 4.79 Å². The van der Waals surface area contributed by atoms with Gasteiger partial charge in [-0.15, -0.1) is 0 Å². The standard InChI is InChI=1S/C18H17F2N3O5S3/c1-21-15-6-5-12(11-16(15)29-18(21)24)30(25,26)22-7-9-23(10-8-22)31(27,28)17-13(19)3-2-4-14(17)20/h2-6,11H,7-10H2,1H3. The largest absolute Gasteiger partial charge is 0.307 e. The molecule has 2 aromatic carbocycles. The lowest BCUT2D eigenvalue weighted by Gasteiger charge is -2.33. The molecule has 0 aliphatic carbocycles. The van der Waals surface area contributed by atoms with E-state index in [0.717, 1.165) is 38.1 Å². The van der Waals surface area contributed by atoms with Crippen molar-refractivity contribution < 1.29 is 25.6 Å². The molecule has 4 rings (SSSR count). The van der Waals surface area contributed by atoms with Crippen LogP contribution in [0.5, 0.6) is 0 Å². The lowest BCUT2D eigenvalue weighted by Crippen LogP contribution is -2.50. The average molecular weight is 490 g/mol. The van der Waals surface area contributed by atoms with Crippen LogP contribution in [0.2, 0.25) is 0 Å². The molecule has 0 amide bonds. The summed E-state index contributed by atoms with van der Waals surface area (Å²) >= 11 is 0.926. The number of benzene rings is 2. The van der Waals surface area contributed by atoms with Crippen LogP contribution in [0.25, 0.3) is 10.2 Å². The molecule has 1 saturated heterocycles. The normalized spacial score (nSPS) is 16.7. The molecule has 1 aromatic heterocycles. The monoisotopic (exact) mass is 489 g/mol. The smallest absolute Gasteiger partial charge is 0.302 e. The number of sulfonamides is 2. The number of aromatic nitrogens is 1. The van der Waals surface area contributed by atoms with Gasteiger partial charge in [-0.1, -0.05) is 17.4 Å². The molecule has 0 unspecified atom stereocenters. The van der Waals surface area contributed by atoms with E-state index in [-0.39, 0.29) is 35.9 Å². The first-order valence-electron chi connectivity index (χ1n) is 9.07. The van der Waals surface area contributed by atoms with Crippen molar-refractivity contribution in [1.29, 1.82) is 0 Å². The number of halogens is 2. The van der Waals surface area contributed by atoms with Gasteiger partial charge >= 0.3 is 4.87 Å². The summed E-state index contributed by atoms with van der Waals surface area (Å²) < 4.78 is 83.3. The molecule has 0 saturated carbocycles. The first-order chi connectivity index (χ1) is 14.5. The summed E-state index contributed by atoms with van der Waals surface area (Å²) in [5.41, 5.74) is 0.608. The number of thiazole rings is 1. The molecular formula is C18H17F2N3O5S3. The zero-order chi connectivity index (χ0) is 22.6. The number of hydrogen-bond donors (Lipinski definition) is 0. The van der Waals surface area contributed by atoms with Gasteiger partial charge in [0.25, 0.3) is 0 Å². The Bertz CT molecular complexity index is 1420. The minimum atomic E-state index is -4.46. The van der Waals surface area contributed by atoms with E-state index >= 15 is 0 Å². The van der Waals surface area contributed by atoms with Crippen molar-refractivity contribution in [2.75, 3.05) is 26.2 Å². The van der Waals surface area contributed by atoms with E-state index in [1.165, 1.54) is 16.7 Å². The predicted octanol–water partition coefficient (Wildman–Crippen LogP) is 1.57. The third-order valence-electron chi connectivity index (χ3n) is 5.12. The molecular weight excluding hydrogens is 472 g/mol. The quantitative estimate of drug-likeness (QED) is 0.554. The van der Waals surface area contributed by atoms with Crippen LogP contribution >= 0.6 is 11.3 Å². The van der Waals surface area contributed by atoms with Crippen molar-refractivity contribution in [1.82, 2.24) is 13.2 Å². The number of piperazine rings is 1. The summed E-state index contributed by atoms with van der Waals surface area (Å²) in [4.78, 5) is 10.5. The fourth-order valence-corrected chi connectivity index (χ4v) is 7.41. The molecule has 31 heavy (non-hydrogen) atoms. The highest BCUT2D eigenvalue weighted by Crippen LogP contribution is 2.27. The highest BCUT2D eigenvalue weighted by molar-refractivity contribution is 7.89. The second-order valence-corrected chi connectivity index (χ2v) is 11.7. The van der Waals surface area contributed by atoms with Crippen molar-refractivity contribution in [3.8, 4) is 0 Å². The van der Waals surface area contributed by atoms with E-state index in [0.29, 0.717) is 10.2 Å². The number of nitrogens with zero attached hydrogens (tertiary/aromatic N) is 3. The van der Waals surface area contributed by atoms with Gasteiger partial charge in [0.2, 0.25) is 20.0 Å². The van der Waals surface area contributed by atoms with Crippen LogP contribution < -0.4 is 4.87 Å². The topological polar surface area (TPSA) is 96.8 Å². The van der Waals surface area contributed by atoms with E-state index in [1.54, 1.807) is 13.1 Å². The Balaban J connectivity index is 1.57. The summed E-state index contributed by atoms with van der Waals surface area (Å²) in [6, 6.07) is 7.11. The second-order valence-electron chi connectivity index (χ2n) is 6.92. The molecule has 166 valence electrons. The molecule has 1 fully saturated rings. The first-order valence-corrected chi connectivity index (χ1v) is 12.8. The van der Waals surface area contributed by atoms with Gasteiger partial charge < -0.3 is 4.57 Å². The maximum atomic E-state index is 14.0. The second kappa shape index (κ2) is 7.74. The molecule has 13 heteroatoms. The van der Waals surface area contributed by atoms with Crippen LogP contribution in [-0.4, -0.2) is 56.2 Å². The zero-order valence-corrected chi connectivity index (χ0v) is 18.6. The Kier molecular flexibility index (Phi) is 5.50. The molecule has 3 aromatic rings. The highest BCUT2D eigenvalue weighted by atomic mass is 32.2. The fraction of sp³-hybridized carbons (Fsp3) is 0.278. The van der Waals surface area contributed by atoms with Crippen LogP contribution in [-0.2, 0) is 27.1 Å². The van der Waals surface area contributed by atoms with E-state index in [4.69, 9.17) is 0 Å². The lowest BCUT2D eigenvalue weighted by molar-refractivity contribution is 0.271. The van der Waals surface area contributed by atoms with Gasteiger partial charge in [0.15, 0.2) is 4.90 Å². The molecule has 0 radical (unpaired) electrons. The summed E-state index contributed by atoms with van der Waals surface area (Å²) in [5, 5.41) is 0. The van der Waals surface area contributed by atoms with Gasteiger partial charge in [0.05, 0.1) is 15.1 Å². The summed E-state index contributed by atoms with van der Waals surface area (Å²) in [6.07, 6.45) is 0. The third-order valence-corrected chi connectivity index (χ3v) is 9.96.